The number of fused-ring (bicyclic) bond motifs is 5. The third-order valence-corrected chi connectivity index (χ3v) is 3.87. The molecule has 2 heterocycles. The second-order valence-corrected chi connectivity index (χ2v) is 5.04. The van der Waals surface area contributed by atoms with Crippen molar-refractivity contribution in [3.05, 3.63) is 69.3 Å². The van der Waals surface area contributed by atoms with Gasteiger partial charge in [-0.25, -0.2) is 4.79 Å². The highest BCUT2D eigenvalue weighted by atomic mass is 16.4. The maximum atomic E-state index is 12.4. The summed E-state index contributed by atoms with van der Waals surface area (Å²) in [4.78, 5) is 23.8. The maximum Gasteiger partial charge on any atom is 0.336 e. The molecule has 0 bridgehead atoms. The molecule has 0 unspecified atom stereocenters. The Balaban J connectivity index is 2.44. The van der Waals surface area contributed by atoms with E-state index in [1.807, 2.05) is 30.3 Å². The van der Waals surface area contributed by atoms with Crippen LogP contribution in [0.4, 0.5) is 0 Å². The lowest BCUT2D eigenvalue weighted by atomic mass is 10.0. The summed E-state index contributed by atoms with van der Waals surface area (Å²) in [6, 6.07) is 14.2. The minimum Gasteiger partial charge on any atom is -0.423 e. The van der Waals surface area contributed by atoms with Gasteiger partial charge in [0.25, 0.3) is 5.56 Å². The molecule has 0 atom stereocenters. The van der Waals surface area contributed by atoms with E-state index in [9.17, 15) is 9.59 Å². The number of rotatable bonds is 0. The Bertz CT molecular complexity index is 1140. The van der Waals surface area contributed by atoms with Crippen molar-refractivity contribution in [1.29, 1.82) is 0 Å². The molecule has 0 saturated carbocycles. The zero-order chi connectivity index (χ0) is 14.6. The predicted molar refractivity (Wildman–Crippen MR) is 82.7 cm³/mol. The minimum absolute atomic E-state index is 0.0326. The Kier molecular flexibility index (Phi) is 2.30. The van der Waals surface area contributed by atoms with E-state index < -0.39 is 0 Å². The highest BCUT2D eigenvalue weighted by Gasteiger charge is 2.11. The van der Waals surface area contributed by atoms with Gasteiger partial charge < -0.3 is 8.98 Å². The zero-order valence-electron chi connectivity index (χ0n) is 11.3. The number of nitrogens with zero attached hydrogens (tertiary/aromatic N) is 1. The maximum absolute atomic E-state index is 12.4. The van der Waals surface area contributed by atoms with Crippen molar-refractivity contribution in [2.24, 2.45) is 7.05 Å². The summed E-state index contributed by atoms with van der Waals surface area (Å²) in [5, 5.41) is 3.29. The third-order valence-electron chi connectivity index (χ3n) is 3.87. The van der Waals surface area contributed by atoms with Gasteiger partial charge in [0.2, 0.25) is 0 Å². The van der Waals surface area contributed by atoms with E-state index in [0.29, 0.717) is 11.0 Å². The second-order valence-electron chi connectivity index (χ2n) is 5.04. The van der Waals surface area contributed by atoms with Gasteiger partial charge >= 0.3 is 5.63 Å². The van der Waals surface area contributed by atoms with Gasteiger partial charge in [-0.05, 0) is 29.7 Å². The fourth-order valence-corrected chi connectivity index (χ4v) is 2.88. The van der Waals surface area contributed by atoms with Crippen molar-refractivity contribution in [3.63, 3.8) is 0 Å². The predicted octanol–water partition coefficient (Wildman–Crippen LogP) is 2.80. The van der Waals surface area contributed by atoms with E-state index in [-0.39, 0.29) is 11.2 Å². The quantitative estimate of drug-likeness (QED) is 0.367. The normalized spacial score (nSPS) is 11.5. The van der Waals surface area contributed by atoms with E-state index in [0.717, 1.165) is 21.7 Å². The molecule has 0 aliphatic carbocycles. The van der Waals surface area contributed by atoms with Crippen LogP contribution >= 0.6 is 0 Å². The van der Waals surface area contributed by atoms with E-state index in [2.05, 4.69) is 0 Å². The molecule has 4 rings (SSSR count). The Morgan fingerprint density at radius 3 is 2.43 bits per heavy atom. The topological polar surface area (TPSA) is 52.2 Å². The molecule has 4 aromatic rings. The summed E-state index contributed by atoms with van der Waals surface area (Å²) in [5.41, 5.74) is 0.935. The largest absolute Gasteiger partial charge is 0.423 e. The molecule has 2 aromatic heterocycles. The molecule has 4 heteroatoms. The first-order valence-electron chi connectivity index (χ1n) is 6.61. The number of hydrogen-bond donors (Lipinski definition) is 0. The van der Waals surface area contributed by atoms with Crippen molar-refractivity contribution < 1.29 is 4.42 Å². The smallest absolute Gasteiger partial charge is 0.336 e. The first-order chi connectivity index (χ1) is 10.2. The first-order valence-corrected chi connectivity index (χ1v) is 6.61. The minimum atomic E-state index is -0.379. The summed E-state index contributed by atoms with van der Waals surface area (Å²) < 4.78 is 6.87. The molecule has 0 aliphatic rings. The van der Waals surface area contributed by atoms with Crippen LogP contribution in [0, 0.1) is 0 Å². The Labute approximate surface area is 118 Å². The van der Waals surface area contributed by atoms with Gasteiger partial charge in [-0.3, -0.25) is 4.79 Å². The fraction of sp³-hybridized carbons (Fsp3) is 0.0588. The van der Waals surface area contributed by atoms with E-state index >= 15 is 0 Å². The Morgan fingerprint density at radius 1 is 0.857 bits per heavy atom. The van der Waals surface area contributed by atoms with E-state index in [4.69, 9.17) is 4.42 Å². The van der Waals surface area contributed by atoms with E-state index in [1.165, 1.54) is 6.07 Å². The number of aromatic nitrogens is 1. The van der Waals surface area contributed by atoms with Gasteiger partial charge in [0.1, 0.15) is 5.58 Å². The van der Waals surface area contributed by atoms with Crippen LogP contribution in [-0.2, 0) is 7.05 Å². The van der Waals surface area contributed by atoms with Crippen molar-refractivity contribution in [2.75, 3.05) is 0 Å². The van der Waals surface area contributed by atoms with Crippen LogP contribution in [0.3, 0.4) is 0 Å². The van der Waals surface area contributed by atoms with Crippen LogP contribution in [0.15, 0.2) is 62.5 Å². The third kappa shape index (κ3) is 1.56. The second kappa shape index (κ2) is 4.06. The van der Waals surface area contributed by atoms with Gasteiger partial charge in [0, 0.05) is 29.3 Å². The average Bonchev–Trinajstić information content (AvgIpc) is 2.51. The SMILES string of the molecule is Cn1c(=O)c2ccccc2c2c3ccc(=O)oc3ccc21. The van der Waals surface area contributed by atoms with Gasteiger partial charge in [-0.2, -0.15) is 0 Å². The molecule has 0 spiro atoms. The molecule has 0 saturated heterocycles. The molecule has 102 valence electrons. The molecule has 0 N–H and O–H groups in total. The molecule has 4 nitrogen and oxygen atoms in total. The molecule has 0 amide bonds. The van der Waals surface area contributed by atoms with Gasteiger partial charge in [-0.1, -0.05) is 18.2 Å². The molecule has 0 aliphatic heterocycles. The van der Waals surface area contributed by atoms with Crippen molar-refractivity contribution in [3.8, 4) is 0 Å². The number of aryl methyl sites for hydroxylation is 1. The molecule has 0 fully saturated rings. The molecule has 0 radical (unpaired) electrons. The van der Waals surface area contributed by atoms with Gasteiger partial charge in [0.15, 0.2) is 0 Å². The number of hydrogen-bond acceptors (Lipinski definition) is 3. The van der Waals surface area contributed by atoms with Crippen molar-refractivity contribution in [1.82, 2.24) is 4.57 Å². The molecular formula is C17H11NO3. The summed E-state index contributed by atoms with van der Waals surface area (Å²) in [7, 11) is 1.75. The van der Waals surface area contributed by atoms with Crippen molar-refractivity contribution >= 4 is 32.6 Å². The fourth-order valence-electron chi connectivity index (χ4n) is 2.88. The van der Waals surface area contributed by atoms with Gasteiger partial charge in [-0.15, -0.1) is 0 Å². The van der Waals surface area contributed by atoms with Crippen molar-refractivity contribution in [2.45, 2.75) is 0 Å². The van der Waals surface area contributed by atoms with Crippen LogP contribution in [-0.4, -0.2) is 4.57 Å². The van der Waals surface area contributed by atoms with Crippen LogP contribution in [0.1, 0.15) is 0 Å². The monoisotopic (exact) mass is 277 g/mol. The summed E-state index contributed by atoms with van der Waals surface area (Å²) in [6.07, 6.45) is 0. The zero-order valence-corrected chi connectivity index (χ0v) is 11.3. The van der Waals surface area contributed by atoms with Gasteiger partial charge in [0.05, 0.1) is 5.52 Å². The standard InChI is InChI=1S/C17H11NO3/c1-18-13-7-8-14-12(6-9-15(19)21-14)16(13)10-4-2-3-5-11(10)17(18)20/h2-9H,1H3. The lowest BCUT2D eigenvalue weighted by Gasteiger charge is -2.10. The van der Waals surface area contributed by atoms with Crippen LogP contribution in [0.25, 0.3) is 32.6 Å². The van der Waals surface area contributed by atoms with Crippen LogP contribution in [0.2, 0.25) is 0 Å². The first kappa shape index (κ1) is 11.9. The highest BCUT2D eigenvalue weighted by Crippen LogP contribution is 2.29. The summed E-state index contributed by atoms with van der Waals surface area (Å²) in [6.45, 7) is 0. The van der Waals surface area contributed by atoms with Crippen LogP contribution in [0.5, 0.6) is 0 Å². The molecular weight excluding hydrogens is 266 g/mol. The lowest BCUT2D eigenvalue weighted by molar-refractivity contribution is 0.561. The Hall–Kier alpha value is -2.88. The van der Waals surface area contributed by atoms with E-state index in [1.54, 1.807) is 23.7 Å². The molecule has 21 heavy (non-hydrogen) atoms. The molecule has 2 aromatic carbocycles. The highest BCUT2D eigenvalue weighted by molar-refractivity contribution is 6.17. The van der Waals surface area contributed by atoms with Crippen LogP contribution < -0.4 is 11.2 Å². The number of benzene rings is 2. The average molecular weight is 277 g/mol. The number of pyridine rings is 1. The summed E-state index contributed by atoms with van der Waals surface area (Å²) in [5.74, 6) is 0. The lowest BCUT2D eigenvalue weighted by Crippen LogP contribution is -2.17. The summed E-state index contributed by atoms with van der Waals surface area (Å²) >= 11 is 0. The Morgan fingerprint density at radius 2 is 1.62 bits per heavy atom.